The average Bonchev–Trinajstić information content (AvgIpc) is 2.15. The van der Waals surface area contributed by atoms with Crippen molar-refractivity contribution in [2.75, 3.05) is 0 Å². The molecule has 0 bridgehead atoms. The molecule has 2 rings (SSSR count). The third kappa shape index (κ3) is 2.85. The summed E-state index contributed by atoms with van der Waals surface area (Å²) in [4.78, 5) is 0. The zero-order chi connectivity index (χ0) is 11.6. The summed E-state index contributed by atoms with van der Waals surface area (Å²) < 4.78 is 0. The highest BCUT2D eigenvalue weighted by Crippen LogP contribution is 2.38. The molecule has 0 N–H and O–H groups in total. The Bertz CT molecular complexity index is 419. The van der Waals surface area contributed by atoms with Crippen LogP contribution in [0.25, 0.3) is 6.08 Å². The predicted octanol–water partition coefficient (Wildman–Crippen LogP) is 4.84. The average molecular weight is 212 g/mol. The van der Waals surface area contributed by atoms with Crippen LogP contribution in [0.1, 0.15) is 39.2 Å². The van der Waals surface area contributed by atoms with Crippen LogP contribution in [-0.4, -0.2) is 0 Å². The Morgan fingerprint density at radius 2 is 1.75 bits per heavy atom. The lowest BCUT2D eigenvalue weighted by Crippen LogP contribution is -2.16. The second-order valence-corrected chi connectivity index (χ2v) is 5.64. The molecule has 0 heteroatoms. The molecule has 0 heterocycles. The van der Waals surface area contributed by atoms with Gasteiger partial charge in [0, 0.05) is 0 Å². The van der Waals surface area contributed by atoms with Crippen LogP contribution in [0.2, 0.25) is 0 Å². The van der Waals surface area contributed by atoms with Crippen LogP contribution in [0, 0.1) is 5.41 Å². The van der Waals surface area contributed by atoms with E-state index < -0.39 is 0 Å². The van der Waals surface area contributed by atoms with Gasteiger partial charge in [0.05, 0.1) is 0 Å². The Kier molecular flexibility index (Phi) is 3.00. The van der Waals surface area contributed by atoms with Crippen molar-refractivity contribution in [2.24, 2.45) is 5.41 Å². The molecule has 0 saturated carbocycles. The molecule has 0 atom stereocenters. The molecule has 16 heavy (non-hydrogen) atoms. The normalized spacial score (nSPS) is 21.9. The highest BCUT2D eigenvalue weighted by atomic mass is 14.3. The first-order valence-electron chi connectivity index (χ1n) is 5.98. The van der Waals surface area contributed by atoms with Gasteiger partial charge in [-0.1, -0.05) is 61.9 Å². The van der Waals surface area contributed by atoms with E-state index in [9.17, 15) is 0 Å². The topological polar surface area (TPSA) is 0 Å². The van der Waals surface area contributed by atoms with Crippen LogP contribution in [0.5, 0.6) is 0 Å². The Morgan fingerprint density at radius 1 is 1.06 bits per heavy atom. The van der Waals surface area contributed by atoms with Crippen molar-refractivity contribution in [2.45, 2.75) is 33.6 Å². The van der Waals surface area contributed by atoms with Crippen molar-refractivity contribution in [3.8, 4) is 0 Å². The predicted molar refractivity (Wildman–Crippen MR) is 71.2 cm³/mol. The van der Waals surface area contributed by atoms with Gasteiger partial charge in [0.2, 0.25) is 0 Å². The molecule has 0 nitrogen and oxygen atoms in total. The number of hydrogen-bond donors (Lipinski definition) is 0. The molecule has 1 aliphatic rings. The summed E-state index contributed by atoms with van der Waals surface area (Å²) in [5.74, 6) is 0. The van der Waals surface area contributed by atoms with E-state index in [-0.39, 0.29) is 0 Å². The van der Waals surface area contributed by atoms with Crippen LogP contribution in [0.15, 0.2) is 47.6 Å². The fourth-order valence-electron chi connectivity index (χ4n) is 2.64. The van der Waals surface area contributed by atoms with Crippen molar-refractivity contribution < 1.29 is 0 Å². The third-order valence-electron chi connectivity index (χ3n) is 3.02. The van der Waals surface area contributed by atoms with E-state index in [1.165, 1.54) is 29.6 Å². The van der Waals surface area contributed by atoms with E-state index in [4.69, 9.17) is 0 Å². The number of allylic oxidation sites excluding steroid dienone is 3. The first kappa shape index (κ1) is 11.2. The molecule has 0 saturated heterocycles. The van der Waals surface area contributed by atoms with Gasteiger partial charge >= 0.3 is 0 Å². The molecule has 1 aromatic carbocycles. The van der Waals surface area contributed by atoms with Crippen LogP contribution >= 0.6 is 0 Å². The van der Waals surface area contributed by atoms with Crippen LogP contribution < -0.4 is 0 Å². The minimum atomic E-state index is 0.416. The second kappa shape index (κ2) is 4.29. The van der Waals surface area contributed by atoms with Crippen molar-refractivity contribution in [1.29, 1.82) is 0 Å². The lowest BCUT2D eigenvalue weighted by atomic mass is 9.75. The highest BCUT2D eigenvalue weighted by molar-refractivity contribution is 5.57. The third-order valence-corrected chi connectivity index (χ3v) is 3.02. The van der Waals surface area contributed by atoms with Crippen molar-refractivity contribution in [3.63, 3.8) is 0 Å². The molecule has 0 spiro atoms. The summed E-state index contributed by atoms with van der Waals surface area (Å²) in [6.07, 6.45) is 7.06. The first-order chi connectivity index (χ1) is 7.55. The molecule has 0 radical (unpaired) electrons. The molecule has 0 aliphatic heterocycles. The van der Waals surface area contributed by atoms with E-state index >= 15 is 0 Å². The first-order valence-corrected chi connectivity index (χ1v) is 5.98. The van der Waals surface area contributed by atoms with Crippen LogP contribution in [0.3, 0.4) is 0 Å². The van der Waals surface area contributed by atoms with Gasteiger partial charge in [-0.05, 0) is 36.3 Å². The second-order valence-electron chi connectivity index (χ2n) is 5.64. The van der Waals surface area contributed by atoms with Gasteiger partial charge in [0.1, 0.15) is 0 Å². The summed E-state index contributed by atoms with van der Waals surface area (Å²) in [6, 6.07) is 10.6. The zero-order valence-electron chi connectivity index (χ0n) is 10.5. The largest absolute Gasteiger partial charge is 0.0725 e. The molecule has 84 valence electrons. The molecular formula is C16H20. The number of hydrogen-bond acceptors (Lipinski definition) is 0. The summed E-state index contributed by atoms with van der Waals surface area (Å²) in [5.41, 5.74) is 4.68. The van der Waals surface area contributed by atoms with E-state index in [1.54, 1.807) is 0 Å². The summed E-state index contributed by atoms with van der Waals surface area (Å²) in [6.45, 7) is 6.93. The Balaban J connectivity index is 2.28. The smallest absolute Gasteiger partial charge is 0.0224 e. The van der Waals surface area contributed by atoms with Gasteiger partial charge in [-0.3, -0.25) is 0 Å². The van der Waals surface area contributed by atoms with Gasteiger partial charge in [0.15, 0.2) is 0 Å². The van der Waals surface area contributed by atoms with Crippen LogP contribution in [0.4, 0.5) is 0 Å². The van der Waals surface area contributed by atoms with Crippen molar-refractivity contribution in [1.82, 2.24) is 0 Å². The van der Waals surface area contributed by atoms with E-state index in [2.05, 4.69) is 63.3 Å². The summed E-state index contributed by atoms with van der Waals surface area (Å²) >= 11 is 0. The fraction of sp³-hybridized carbons (Fsp3) is 0.375. The molecule has 0 unspecified atom stereocenters. The molecule has 0 fully saturated rings. The highest BCUT2D eigenvalue weighted by Gasteiger charge is 2.23. The van der Waals surface area contributed by atoms with Gasteiger partial charge in [-0.2, -0.15) is 0 Å². The van der Waals surface area contributed by atoms with Crippen molar-refractivity contribution in [3.05, 3.63) is 53.1 Å². The Morgan fingerprint density at radius 3 is 2.38 bits per heavy atom. The maximum atomic E-state index is 2.35. The van der Waals surface area contributed by atoms with Gasteiger partial charge in [0.25, 0.3) is 0 Å². The van der Waals surface area contributed by atoms with Gasteiger partial charge in [-0.15, -0.1) is 0 Å². The summed E-state index contributed by atoms with van der Waals surface area (Å²) in [5, 5.41) is 0. The van der Waals surface area contributed by atoms with Gasteiger partial charge < -0.3 is 0 Å². The van der Waals surface area contributed by atoms with Crippen LogP contribution in [-0.2, 0) is 0 Å². The van der Waals surface area contributed by atoms with E-state index in [0.717, 1.165) is 0 Å². The monoisotopic (exact) mass is 212 g/mol. The lowest BCUT2D eigenvalue weighted by Gasteiger charge is -2.30. The molecule has 0 amide bonds. The maximum Gasteiger partial charge on any atom is -0.0224 e. The van der Waals surface area contributed by atoms with E-state index in [1.807, 2.05) is 0 Å². The molecular weight excluding hydrogens is 192 g/mol. The zero-order valence-corrected chi connectivity index (χ0v) is 10.5. The Labute approximate surface area is 98.7 Å². The maximum absolute atomic E-state index is 2.35. The molecule has 1 aliphatic carbocycles. The van der Waals surface area contributed by atoms with E-state index in [0.29, 0.717) is 5.41 Å². The minimum Gasteiger partial charge on any atom is -0.0725 e. The molecule has 1 aromatic rings. The lowest BCUT2D eigenvalue weighted by molar-refractivity contribution is 0.352. The molecule has 0 aromatic heterocycles. The minimum absolute atomic E-state index is 0.416. The standard InChI is InChI=1S/C16H20/c1-13-9-15(12-16(2,3)11-13)10-14-7-5-4-6-8-14/h4-10H,11-12H2,1-3H3. The Hall–Kier alpha value is -1.30. The fourth-order valence-corrected chi connectivity index (χ4v) is 2.64. The number of rotatable bonds is 1. The SMILES string of the molecule is CC1=CC(=Cc2ccccc2)CC(C)(C)C1. The number of benzene rings is 1. The van der Waals surface area contributed by atoms with Gasteiger partial charge in [-0.25, -0.2) is 0 Å². The quantitative estimate of drug-likeness (QED) is 0.625. The summed E-state index contributed by atoms with van der Waals surface area (Å²) in [7, 11) is 0. The van der Waals surface area contributed by atoms with Crippen molar-refractivity contribution >= 4 is 6.08 Å².